The van der Waals surface area contributed by atoms with Crippen LogP contribution in [-0.2, 0) is 0 Å². The normalized spacial score (nSPS) is 12.4. The van der Waals surface area contributed by atoms with Crippen LogP contribution in [0.15, 0.2) is 54.6 Å². The lowest BCUT2D eigenvalue weighted by atomic mass is 10.1. The van der Waals surface area contributed by atoms with Gasteiger partial charge in [-0.05, 0) is 17.2 Å². The molecule has 0 unspecified atom stereocenters. The Morgan fingerprint density at radius 3 is 2.13 bits per heavy atom. The summed E-state index contributed by atoms with van der Waals surface area (Å²) in [6.45, 7) is 0. The van der Waals surface area contributed by atoms with E-state index in [9.17, 15) is 0 Å². The van der Waals surface area contributed by atoms with Gasteiger partial charge >= 0.3 is 0 Å². The summed E-state index contributed by atoms with van der Waals surface area (Å²) in [6.07, 6.45) is 0. The van der Waals surface area contributed by atoms with Crippen LogP contribution < -0.4 is 0 Å². The maximum Gasteiger partial charge on any atom is 0.0659 e. The molecule has 0 saturated carbocycles. The quantitative estimate of drug-likeness (QED) is 0.692. The van der Waals surface area contributed by atoms with Gasteiger partial charge in [-0.3, -0.25) is 0 Å². The highest BCUT2D eigenvalue weighted by atomic mass is 79.9. The third-order valence-electron chi connectivity index (χ3n) is 2.27. The van der Waals surface area contributed by atoms with Gasteiger partial charge in [0.15, 0.2) is 0 Å². The lowest BCUT2D eigenvalue weighted by Crippen LogP contribution is -1.92. The zero-order valence-electron chi connectivity index (χ0n) is 8.03. The van der Waals surface area contributed by atoms with Crippen LogP contribution in [0, 0.1) is 0 Å². The Bertz CT molecular complexity index is 439. The van der Waals surface area contributed by atoms with E-state index < -0.39 is 0 Å². The Hall–Kier alpha value is -0.790. The zero-order chi connectivity index (χ0) is 10.7. The van der Waals surface area contributed by atoms with Crippen LogP contribution in [0.4, 0.5) is 0 Å². The lowest BCUT2D eigenvalue weighted by molar-refractivity contribution is 1.18. The number of benzene rings is 2. The topological polar surface area (TPSA) is 0 Å². The number of alkyl halides is 1. The van der Waals surface area contributed by atoms with Gasteiger partial charge in [0.1, 0.15) is 0 Å². The molecule has 0 nitrogen and oxygen atoms in total. The van der Waals surface area contributed by atoms with E-state index in [1.807, 2.05) is 42.5 Å². The van der Waals surface area contributed by atoms with Crippen LogP contribution in [0.5, 0.6) is 0 Å². The predicted molar refractivity (Wildman–Crippen MR) is 68.7 cm³/mol. The first-order valence-corrected chi connectivity index (χ1v) is 6.02. The van der Waals surface area contributed by atoms with Crippen molar-refractivity contribution < 1.29 is 0 Å². The minimum atomic E-state index is 0.160. The average Bonchev–Trinajstić information content (AvgIpc) is 2.30. The van der Waals surface area contributed by atoms with Gasteiger partial charge in [0, 0.05) is 5.02 Å². The van der Waals surface area contributed by atoms with E-state index in [1.165, 1.54) is 5.56 Å². The monoisotopic (exact) mass is 280 g/mol. The highest BCUT2D eigenvalue weighted by molar-refractivity contribution is 9.09. The van der Waals surface area contributed by atoms with Crippen LogP contribution in [0.1, 0.15) is 16.0 Å². The van der Waals surface area contributed by atoms with E-state index in [4.69, 9.17) is 11.6 Å². The largest absolute Gasteiger partial charge is 0.0840 e. The smallest absolute Gasteiger partial charge is 0.0659 e. The Morgan fingerprint density at radius 1 is 0.867 bits per heavy atom. The number of rotatable bonds is 2. The Morgan fingerprint density at radius 2 is 1.47 bits per heavy atom. The van der Waals surface area contributed by atoms with Crippen molar-refractivity contribution in [1.29, 1.82) is 0 Å². The Labute approximate surface area is 103 Å². The molecule has 0 fully saturated rings. The Kier molecular flexibility index (Phi) is 3.45. The number of hydrogen-bond acceptors (Lipinski definition) is 0. The molecule has 0 bridgehead atoms. The first kappa shape index (κ1) is 10.7. The van der Waals surface area contributed by atoms with Gasteiger partial charge in [-0.1, -0.05) is 76.1 Å². The molecule has 0 aliphatic carbocycles. The summed E-state index contributed by atoms with van der Waals surface area (Å²) in [5, 5.41) is 0.795. The highest BCUT2D eigenvalue weighted by Crippen LogP contribution is 2.34. The third-order valence-corrected chi connectivity index (χ3v) is 3.64. The summed E-state index contributed by atoms with van der Waals surface area (Å²) >= 11 is 9.80. The van der Waals surface area contributed by atoms with Gasteiger partial charge < -0.3 is 0 Å². The van der Waals surface area contributed by atoms with E-state index >= 15 is 0 Å². The fourth-order valence-corrected chi connectivity index (χ4v) is 2.56. The van der Waals surface area contributed by atoms with Crippen molar-refractivity contribution in [2.24, 2.45) is 0 Å². The van der Waals surface area contributed by atoms with Gasteiger partial charge in [0.2, 0.25) is 0 Å². The first-order chi connectivity index (χ1) is 7.29. The van der Waals surface area contributed by atoms with Crippen molar-refractivity contribution in [3.63, 3.8) is 0 Å². The molecule has 0 aromatic heterocycles. The molecule has 1 atom stereocenters. The molecular weight excluding hydrogens is 272 g/mol. The maximum absolute atomic E-state index is 6.14. The summed E-state index contributed by atoms with van der Waals surface area (Å²) in [5.74, 6) is 0. The molecule has 2 heteroatoms. The molecule has 0 saturated heterocycles. The summed E-state index contributed by atoms with van der Waals surface area (Å²) in [4.78, 5) is 0.160. The third kappa shape index (κ3) is 2.42. The van der Waals surface area contributed by atoms with Gasteiger partial charge in [0.05, 0.1) is 4.83 Å². The van der Waals surface area contributed by atoms with Crippen molar-refractivity contribution in [2.75, 3.05) is 0 Å². The van der Waals surface area contributed by atoms with E-state index in [-0.39, 0.29) is 4.83 Å². The summed E-state index contributed by atoms with van der Waals surface area (Å²) < 4.78 is 0. The van der Waals surface area contributed by atoms with Gasteiger partial charge in [-0.25, -0.2) is 0 Å². The molecule has 76 valence electrons. The standard InChI is InChI=1S/C13H10BrCl/c14-13(10-6-2-1-3-7-10)11-8-4-5-9-12(11)15/h1-9,13H/t13-/m1/s1. The summed E-state index contributed by atoms with van der Waals surface area (Å²) in [6, 6.07) is 18.1. The van der Waals surface area contributed by atoms with Crippen LogP contribution >= 0.6 is 27.5 Å². The van der Waals surface area contributed by atoms with Crippen molar-refractivity contribution >= 4 is 27.5 Å². The SMILES string of the molecule is Clc1ccccc1[C@H](Br)c1ccccc1. The van der Waals surface area contributed by atoms with Crippen molar-refractivity contribution in [1.82, 2.24) is 0 Å². The Balaban J connectivity index is 2.37. The van der Waals surface area contributed by atoms with Crippen LogP contribution in [0.3, 0.4) is 0 Å². The van der Waals surface area contributed by atoms with Gasteiger partial charge in [-0.15, -0.1) is 0 Å². The minimum absolute atomic E-state index is 0.160. The van der Waals surface area contributed by atoms with Crippen molar-refractivity contribution in [3.05, 3.63) is 70.7 Å². The predicted octanol–water partition coefficient (Wildman–Crippen LogP) is 4.82. The highest BCUT2D eigenvalue weighted by Gasteiger charge is 2.12. The van der Waals surface area contributed by atoms with E-state index in [1.54, 1.807) is 0 Å². The second-order valence-corrected chi connectivity index (χ2v) is 4.62. The van der Waals surface area contributed by atoms with E-state index in [0.29, 0.717) is 0 Å². The van der Waals surface area contributed by atoms with Crippen LogP contribution in [0.2, 0.25) is 5.02 Å². The molecule has 2 aromatic carbocycles. The molecule has 0 amide bonds. The average molecular weight is 282 g/mol. The molecule has 0 aliphatic heterocycles. The molecule has 0 N–H and O–H groups in total. The van der Waals surface area contributed by atoms with Crippen molar-refractivity contribution in [3.8, 4) is 0 Å². The summed E-state index contributed by atoms with van der Waals surface area (Å²) in [7, 11) is 0. The van der Waals surface area contributed by atoms with Crippen LogP contribution in [-0.4, -0.2) is 0 Å². The van der Waals surface area contributed by atoms with Gasteiger partial charge in [0.25, 0.3) is 0 Å². The first-order valence-electron chi connectivity index (χ1n) is 4.72. The minimum Gasteiger partial charge on any atom is -0.0840 e. The van der Waals surface area contributed by atoms with Gasteiger partial charge in [-0.2, -0.15) is 0 Å². The fourth-order valence-electron chi connectivity index (χ4n) is 1.48. The zero-order valence-corrected chi connectivity index (χ0v) is 10.4. The fraction of sp³-hybridized carbons (Fsp3) is 0.0769. The van der Waals surface area contributed by atoms with Crippen molar-refractivity contribution in [2.45, 2.75) is 4.83 Å². The lowest BCUT2D eigenvalue weighted by Gasteiger charge is -2.11. The molecule has 0 radical (unpaired) electrons. The molecule has 2 rings (SSSR count). The number of halogens is 2. The molecule has 0 aliphatic rings. The van der Waals surface area contributed by atoms with Crippen LogP contribution in [0.25, 0.3) is 0 Å². The second-order valence-electron chi connectivity index (χ2n) is 3.29. The summed E-state index contributed by atoms with van der Waals surface area (Å²) in [5.41, 5.74) is 2.32. The molecule has 0 spiro atoms. The molecule has 15 heavy (non-hydrogen) atoms. The molecular formula is C13H10BrCl. The number of hydrogen-bond donors (Lipinski definition) is 0. The second kappa shape index (κ2) is 4.82. The van der Waals surface area contributed by atoms with E-state index in [0.717, 1.165) is 10.6 Å². The van der Waals surface area contributed by atoms with E-state index in [2.05, 4.69) is 28.1 Å². The molecule has 0 heterocycles. The molecule has 2 aromatic rings. The maximum atomic E-state index is 6.14.